The number of sulfonamides is 1. The fraction of sp³-hybridized carbons (Fsp3) is 0.0625. The van der Waals surface area contributed by atoms with Crippen LogP contribution < -0.4 is 4.72 Å². The molecule has 0 saturated heterocycles. The highest BCUT2D eigenvalue weighted by Crippen LogP contribution is 2.18. The summed E-state index contributed by atoms with van der Waals surface area (Å²) in [7, 11) is -3.62. The van der Waals surface area contributed by atoms with E-state index in [0.29, 0.717) is 16.5 Å². The van der Waals surface area contributed by atoms with Gasteiger partial charge in [-0.25, -0.2) is 13.1 Å². The molecule has 2 heterocycles. The molecular weight excluding hydrogens is 336 g/mol. The number of halogens is 1. The first kappa shape index (κ1) is 15.7. The van der Waals surface area contributed by atoms with E-state index in [9.17, 15) is 8.42 Å². The van der Waals surface area contributed by atoms with Crippen LogP contribution in [0, 0.1) is 0 Å². The van der Waals surface area contributed by atoms with Crippen LogP contribution in [0.3, 0.4) is 0 Å². The second-order valence-electron chi connectivity index (χ2n) is 4.81. The topological polar surface area (TPSA) is 72.2 Å². The fourth-order valence-corrected chi connectivity index (χ4v) is 3.31. The zero-order valence-corrected chi connectivity index (χ0v) is 13.5. The molecule has 0 radical (unpaired) electrons. The molecule has 23 heavy (non-hydrogen) atoms. The predicted molar refractivity (Wildman–Crippen MR) is 87.4 cm³/mol. The number of benzene rings is 1. The fourth-order valence-electron chi connectivity index (χ4n) is 1.99. The van der Waals surface area contributed by atoms with Crippen molar-refractivity contribution in [2.75, 3.05) is 0 Å². The Kier molecular flexibility index (Phi) is 4.47. The SMILES string of the molecule is O=S(=O)(NCc1ccc(-c2ccco2)nc1)c1cccc(Cl)c1. The van der Waals surface area contributed by atoms with Gasteiger partial charge in [0.25, 0.3) is 0 Å². The number of furan rings is 1. The zero-order chi connectivity index (χ0) is 16.3. The Morgan fingerprint density at radius 3 is 2.65 bits per heavy atom. The van der Waals surface area contributed by atoms with Crippen molar-refractivity contribution in [2.24, 2.45) is 0 Å². The second kappa shape index (κ2) is 6.54. The van der Waals surface area contributed by atoms with Gasteiger partial charge in [-0.05, 0) is 42.0 Å². The summed E-state index contributed by atoms with van der Waals surface area (Å²) in [5, 5.41) is 0.373. The van der Waals surface area contributed by atoms with E-state index in [2.05, 4.69) is 9.71 Å². The molecule has 1 aromatic carbocycles. The minimum atomic E-state index is -3.62. The maximum absolute atomic E-state index is 12.2. The summed E-state index contributed by atoms with van der Waals surface area (Å²) in [6, 6.07) is 13.3. The third-order valence-electron chi connectivity index (χ3n) is 3.17. The lowest BCUT2D eigenvalue weighted by Gasteiger charge is -2.07. The summed E-state index contributed by atoms with van der Waals surface area (Å²) < 4.78 is 32.2. The van der Waals surface area contributed by atoms with Gasteiger partial charge in [0.05, 0.1) is 11.2 Å². The Bertz CT molecular complexity index is 891. The summed E-state index contributed by atoms with van der Waals surface area (Å²) >= 11 is 5.82. The van der Waals surface area contributed by atoms with E-state index in [1.165, 1.54) is 12.1 Å². The largest absolute Gasteiger partial charge is 0.463 e. The lowest BCUT2D eigenvalue weighted by atomic mass is 10.2. The van der Waals surface area contributed by atoms with Crippen molar-refractivity contribution >= 4 is 21.6 Å². The highest BCUT2D eigenvalue weighted by molar-refractivity contribution is 7.89. The summed E-state index contributed by atoms with van der Waals surface area (Å²) in [5.74, 6) is 0.663. The number of rotatable bonds is 5. The average molecular weight is 349 g/mol. The first-order valence-electron chi connectivity index (χ1n) is 6.79. The molecule has 0 bridgehead atoms. The van der Waals surface area contributed by atoms with E-state index in [1.807, 2.05) is 6.07 Å². The summed E-state index contributed by atoms with van der Waals surface area (Å²) in [6.45, 7) is 0.139. The Labute approximate surface area is 139 Å². The van der Waals surface area contributed by atoms with Crippen molar-refractivity contribution in [2.45, 2.75) is 11.4 Å². The van der Waals surface area contributed by atoms with Gasteiger partial charge in [-0.15, -0.1) is 0 Å². The lowest BCUT2D eigenvalue weighted by molar-refractivity contribution is 0.578. The van der Waals surface area contributed by atoms with E-state index < -0.39 is 10.0 Å². The van der Waals surface area contributed by atoms with Gasteiger partial charge in [0.15, 0.2) is 5.76 Å². The molecule has 3 rings (SSSR count). The van der Waals surface area contributed by atoms with Gasteiger partial charge in [0.2, 0.25) is 10.0 Å². The van der Waals surface area contributed by atoms with Gasteiger partial charge in [-0.3, -0.25) is 4.98 Å². The van der Waals surface area contributed by atoms with Crippen LogP contribution in [0.1, 0.15) is 5.56 Å². The molecule has 7 heteroatoms. The monoisotopic (exact) mass is 348 g/mol. The van der Waals surface area contributed by atoms with Crippen molar-refractivity contribution in [1.82, 2.24) is 9.71 Å². The average Bonchev–Trinajstić information content (AvgIpc) is 3.08. The van der Waals surface area contributed by atoms with E-state index in [1.54, 1.807) is 42.8 Å². The molecule has 0 spiro atoms. The van der Waals surface area contributed by atoms with Gasteiger partial charge in [-0.1, -0.05) is 23.7 Å². The van der Waals surface area contributed by atoms with Gasteiger partial charge in [0.1, 0.15) is 5.69 Å². The smallest absolute Gasteiger partial charge is 0.240 e. The molecule has 5 nitrogen and oxygen atoms in total. The maximum Gasteiger partial charge on any atom is 0.240 e. The van der Waals surface area contributed by atoms with Crippen LogP contribution in [0.15, 0.2) is 70.3 Å². The molecule has 0 aliphatic heterocycles. The molecule has 1 N–H and O–H groups in total. The van der Waals surface area contributed by atoms with Crippen LogP contribution in [0.4, 0.5) is 0 Å². The standard InChI is InChI=1S/C16H13ClN2O3S/c17-13-3-1-4-14(9-13)23(20,21)19-11-12-6-7-15(18-10-12)16-5-2-8-22-16/h1-10,19H,11H2. The van der Waals surface area contributed by atoms with Crippen LogP contribution in [0.2, 0.25) is 5.02 Å². The number of nitrogens with one attached hydrogen (secondary N) is 1. The summed E-state index contributed by atoms with van der Waals surface area (Å²) in [4.78, 5) is 4.39. The van der Waals surface area contributed by atoms with Gasteiger partial charge in [0, 0.05) is 17.8 Å². The van der Waals surface area contributed by atoms with E-state index in [4.69, 9.17) is 16.0 Å². The Morgan fingerprint density at radius 1 is 1.13 bits per heavy atom. The normalized spacial score (nSPS) is 11.5. The molecular formula is C16H13ClN2O3S. The lowest BCUT2D eigenvalue weighted by Crippen LogP contribution is -2.23. The number of pyridine rings is 1. The highest BCUT2D eigenvalue weighted by Gasteiger charge is 2.14. The molecule has 0 saturated carbocycles. The molecule has 0 aliphatic rings. The van der Waals surface area contributed by atoms with Crippen molar-refractivity contribution in [3.63, 3.8) is 0 Å². The van der Waals surface area contributed by atoms with Gasteiger partial charge >= 0.3 is 0 Å². The number of hydrogen-bond acceptors (Lipinski definition) is 4. The highest BCUT2D eigenvalue weighted by atomic mass is 35.5. The van der Waals surface area contributed by atoms with Gasteiger partial charge in [-0.2, -0.15) is 0 Å². The first-order valence-corrected chi connectivity index (χ1v) is 8.65. The van der Waals surface area contributed by atoms with Crippen LogP contribution in [-0.4, -0.2) is 13.4 Å². The van der Waals surface area contributed by atoms with Crippen LogP contribution in [-0.2, 0) is 16.6 Å². The van der Waals surface area contributed by atoms with Crippen LogP contribution in [0.5, 0.6) is 0 Å². The Hall–Kier alpha value is -2.15. The molecule has 0 amide bonds. The van der Waals surface area contributed by atoms with Crippen molar-refractivity contribution in [3.8, 4) is 11.5 Å². The third kappa shape index (κ3) is 3.79. The number of nitrogens with zero attached hydrogens (tertiary/aromatic N) is 1. The summed E-state index contributed by atoms with van der Waals surface area (Å²) in [6.07, 6.45) is 3.18. The molecule has 0 atom stereocenters. The zero-order valence-electron chi connectivity index (χ0n) is 11.9. The van der Waals surface area contributed by atoms with Crippen molar-refractivity contribution in [3.05, 3.63) is 71.6 Å². The van der Waals surface area contributed by atoms with Crippen LogP contribution in [0.25, 0.3) is 11.5 Å². The molecule has 3 aromatic rings. The predicted octanol–water partition coefficient (Wildman–Crippen LogP) is 3.47. The Morgan fingerprint density at radius 2 is 2.00 bits per heavy atom. The number of hydrogen-bond donors (Lipinski definition) is 1. The minimum Gasteiger partial charge on any atom is -0.463 e. The molecule has 0 aliphatic carbocycles. The molecule has 0 fully saturated rings. The second-order valence-corrected chi connectivity index (χ2v) is 7.01. The van der Waals surface area contributed by atoms with Crippen molar-refractivity contribution < 1.29 is 12.8 Å². The minimum absolute atomic E-state index is 0.130. The molecule has 0 unspecified atom stereocenters. The van der Waals surface area contributed by atoms with Crippen molar-refractivity contribution in [1.29, 1.82) is 0 Å². The molecule has 2 aromatic heterocycles. The molecule has 118 valence electrons. The maximum atomic E-state index is 12.2. The van der Waals surface area contributed by atoms with E-state index in [-0.39, 0.29) is 11.4 Å². The third-order valence-corrected chi connectivity index (χ3v) is 4.81. The summed E-state index contributed by atoms with van der Waals surface area (Å²) in [5.41, 5.74) is 1.43. The van der Waals surface area contributed by atoms with E-state index >= 15 is 0 Å². The van der Waals surface area contributed by atoms with Crippen LogP contribution >= 0.6 is 11.6 Å². The number of aromatic nitrogens is 1. The quantitative estimate of drug-likeness (QED) is 0.766. The van der Waals surface area contributed by atoms with E-state index in [0.717, 1.165) is 5.56 Å². The van der Waals surface area contributed by atoms with Gasteiger partial charge < -0.3 is 4.42 Å². The first-order chi connectivity index (χ1) is 11.0. The Balaban J connectivity index is 1.70.